The molecule has 0 unspecified atom stereocenters. The van der Waals surface area contributed by atoms with Crippen LogP contribution in [0.3, 0.4) is 0 Å². The van der Waals surface area contributed by atoms with E-state index in [9.17, 15) is 9.59 Å². The number of benzene rings is 1. The number of amides is 1. The lowest BCUT2D eigenvalue weighted by molar-refractivity contribution is -0.119. The van der Waals surface area contributed by atoms with Crippen molar-refractivity contribution in [3.05, 3.63) is 88.6 Å². The molecular weight excluding hydrogens is 454 g/mol. The van der Waals surface area contributed by atoms with E-state index in [-0.39, 0.29) is 0 Å². The highest BCUT2D eigenvalue weighted by Gasteiger charge is 2.26. The van der Waals surface area contributed by atoms with Crippen molar-refractivity contribution >= 4 is 51.8 Å². The molecule has 0 saturated heterocycles. The van der Waals surface area contributed by atoms with Crippen LogP contribution in [0.25, 0.3) is 22.6 Å². The average Bonchev–Trinajstić information content (AvgIpc) is 3.36. The second-order valence-electron chi connectivity index (χ2n) is 7.86. The summed E-state index contributed by atoms with van der Waals surface area (Å²) in [4.78, 5) is 34.5. The zero-order valence-electron chi connectivity index (χ0n) is 18.1. The first-order valence-electron chi connectivity index (χ1n) is 10.8. The zero-order chi connectivity index (χ0) is 23.5. The number of nitrogens with one attached hydrogen (secondary N) is 1. The summed E-state index contributed by atoms with van der Waals surface area (Å²) in [5, 5.41) is 3.75. The number of ether oxygens (including phenoxy) is 1. The highest BCUT2D eigenvalue weighted by Crippen LogP contribution is 2.36. The number of aromatic nitrogens is 2. The molecule has 0 saturated carbocycles. The molecule has 4 aromatic rings. The number of esters is 1. The van der Waals surface area contributed by atoms with Crippen molar-refractivity contribution < 1.29 is 18.7 Å². The summed E-state index contributed by atoms with van der Waals surface area (Å²) in [5.74, 6) is 0.00132. The van der Waals surface area contributed by atoms with Crippen LogP contribution in [0.4, 0.5) is 5.82 Å². The van der Waals surface area contributed by atoms with Gasteiger partial charge < -0.3 is 14.5 Å². The quantitative estimate of drug-likeness (QED) is 0.382. The Balaban J connectivity index is 1.44. The van der Waals surface area contributed by atoms with Gasteiger partial charge in [-0.3, -0.25) is 4.79 Å². The van der Waals surface area contributed by atoms with Crippen molar-refractivity contribution in [2.75, 3.05) is 11.9 Å². The fraction of sp³-hybridized carbons (Fsp3) is 0.154. The summed E-state index contributed by atoms with van der Waals surface area (Å²) in [5.41, 5.74) is 3.73. The number of carbonyl (C=O) groups excluding carboxylic acids is 2. The van der Waals surface area contributed by atoms with Crippen molar-refractivity contribution in [1.29, 1.82) is 0 Å². The van der Waals surface area contributed by atoms with Gasteiger partial charge in [-0.05, 0) is 66.8 Å². The van der Waals surface area contributed by atoms with E-state index in [0.29, 0.717) is 33.7 Å². The van der Waals surface area contributed by atoms with Gasteiger partial charge in [-0.15, -0.1) is 0 Å². The van der Waals surface area contributed by atoms with Gasteiger partial charge in [0.05, 0.1) is 28.1 Å². The normalized spacial score (nSPS) is 14.1. The Morgan fingerprint density at radius 3 is 2.79 bits per heavy atom. The van der Waals surface area contributed by atoms with Crippen LogP contribution in [-0.2, 0) is 16.0 Å². The lowest BCUT2D eigenvalue weighted by Crippen LogP contribution is -2.23. The molecule has 0 spiro atoms. The number of anilines is 1. The molecule has 5 rings (SSSR count). The largest absolute Gasteiger partial charge is 0.465 e. The molecule has 1 N–H and O–H groups in total. The van der Waals surface area contributed by atoms with Gasteiger partial charge in [0, 0.05) is 11.6 Å². The van der Waals surface area contributed by atoms with Crippen molar-refractivity contribution in [2.24, 2.45) is 0 Å². The third-order valence-corrected chi connectivity index (χ3v) is 5.79. The first-order valence-corrected chi connectivity index (χ1v) is 11.2. The highest BCUT2D eigenvalue weighted by molar-refractivity contribution is 6.30. The molecule has 1 aliphatic carbocycles. The van der Waals surface area contributed by atoms with Crippen LogP contribution in [0.2, 0.25) is 5.02 Å². The van der Waals surface area contributed by atoms with E-state index in [1.54, 1.807) is 18.4 Å². The number of nitrogens with zero attached hydrogens (tertiary/aromatic N) is 2. The topological polar surface area (TPSA) is 94.3 Å². The predicted octanol–water partition coefficient (Wildman–Crippen LogP) is 5.55. The number of para-hydroxylation sites is 1. The molecule has 1 aliphatic rings. The maximum atomic E-state index is 13.3. The summed E-state index contributed by atoms with van der Waals surface area (Å²) in [6, 6.07) is 14.3. The lowest BCUT2D eigenvalue weighted by atomic mass is 9.86. The first-order chi connectivity index (χ1) is 16.6. The maximum Gasteiger partial charge on any atom is 0.339 e. The number of allylic oxidation sites excluding steroid dienone is 1. The van der Waals surface area contributed by atoms with E-state index >= 15 is 0 Å². The molecule has 3 aromatic heterocycles. The molecule has 0 atom stereocenters. The van der Waals surface area contributed by atoms with Gasteiger partial charge in [-0.1, -0.05) is 29.8 Å². The summed E-state index contributed by atoms with van der Waals surface area (Å²) >= 11 is 5.82. The Hall–Kier alpha value is -3.97. The number of hydrogen-bond donors (Lipinski definition) is 1. The summed E-state index contributed by atoms with van der Waals surface area (Å²) in [7, 11) is 0. The van der Waals surface area contributed by atoms with E-state index < -0.39 is 18.5 Å². The second-order valence-corrected chi connectivity index (χ2v) is 8.29. The molecule has 0 radical (unpaired) electrons. The molecule has 34 heavy (non-hydrogen) atoms. The minimum Gasteiger partial charge on any atom is -0.465 e. The monoisotopic (exact) mass is 473 g/mol. The van der Waals surface area contributed by atoms with E-state index in [2.05, 4.69) is 10.3 Å². The summed E-state index contributed by atoms with van der Waals surface area (Å²) < 4.78 is 10.9. The molecule has 1 aromatic carbocycles. The minimum absolute atomic E-state index is 0.324. The van der Waals surface area contributed by atoms with Crippen molar-refractivity contribution in [3.63, 3.8) is 0 Å². The number of pyridine rings is 2. The van der Waals surface area contributed by atoms with Gasteiger partial charge in [0.25, 0.3) is 5.91 Å². The van der Waals surface area contributed by atoms with Crippen molar-refractivity contribution in [1.82, 2.24) is 9.97 Å². The van der Waals surface area contributed by atoms with E-state index in [4.69, 9.17) is 25.7 Å². The Bertz CT molecular complexity index is 1400. The van der Waals surface area contributed by atoms with Crippen LogP contribution in [0.15, 0.2) is 65.4 Å². The third kappa shape index (κ3) is 4.56. The predicted molar refractivity (Wildman–Crippen MR) is 129 cm³/mol. The molecule has 0 fully saturated rings. The summed E-state index contributed by atoms with van der Waals surface area (Å²) in [6.45, 7) is -0.441. The van der Waals surface area contributed by atoms with Gasteiger partial charge in [-0.2, -0.15) is 0 Å². The highest BCUT2D eigenvalue weighted by atomic mass is 35.5. The smallest absolute Gasteiger partial charge is 0.339 e. The van der Waals surface area contributed by atoms with E-state index in [1.807, 2.05) is 42.5 Å². The maximum absolute atomic E-state index is 13.3. The first kappa shape index (κ1) is 21.9. The molecular formula is C26H20ClN3O4. The van der Waals surface area contributed by atoms with Crippen LogP contribution in [0.1, 0.15) is 40.2 Å². The fourth-order valence-electron chi connectivity index (χ4n) is 4.09. The Morgan fingerprint density at radius 2 is 2.00 bits per heavy atom. The number of carbonyl (C=O) groups is 2. The molecule has 0 bridgehead atoms. The summed E-state index contributed by atoms with van der Waals surface area (Å²) in [6.07, 6.45) is 7.38. The second kappa shape index (κ2) is 9.49. The van der Waals surface area contributed by atoms with Crippen LogP contribution >= 0.6 is 11.6 Å². The van der Waals surface area contributed by atoms with Crippen molar-refractivity contribution in [3.8, 4) is 0 Å². The number of halogens is 1. The Labute approximate surface area is 200 Å². The number of furan rings is 1. The molecule has 1 amide bonds. The molecule has 170 valence electrons. The molecule has 0 aliphatic heterocycles. The minimum atomic E-state index is -0.562. The van der Waals surface area contributed by atoms with Gasteiger partial charge in [0.1, 0.15) is 11.6 Å². The fourth-order valence-corrected chi connectivity index (χ4v) is 4.20. The van der Waals surface area contributed by atoms with Crippen LogP contribution in [0, 0.1) is 0 Å². The van der Waals surface area contributed by atoms with Crippen LogP contribution in [0.5, 0.6) is 0 Å². The number of rotatable bonds is 5. The SMILES string of the molecule is O=C(COC(=O)c1c2c(nc3ccccc13)C(=Cc1ccco1)CCC2)Nc1ccc(Cl)cn1. The Kier molecular flexibility index (Phi) is 6.10. The zero-order valence-corrected chi connectivity index (χ0v) is 18.8. The van der Waals surface area contributed by atoms with Gasteiger partial charge >= 0.3 is 5.97 Å². The third-order valence-electron chi connectivity index (χ3n) is 5.56. The molecule has 8 heteroatoms. The van der Waals surface area contributed by atoms with Gasteiger partial charge in [0.2, 0.25) is 0 Å². The van der Waals surface area contributed by atoms with Gasteiger partial charge in [0.15, 0.2) is 6.61 Å². The number of fused-ring (bicyclic) bond motifs is 2. The lowest BCUT2D eigenvalue weighted by Gasteiger charge is -2.22. The molecule has 7 nitrogen and oxygen atoms in total. The number of hydrogen-bond acceptors (Lipinski definition) is 6. The van der Waals surface area contributed by atoms with Crippen LogP contribution < -0.4 is 5.32 Å². The van der Waals surface area contributed by atoms with Crippen molar-refractivity contribution in [2.45, 2.75) is 19.3 Å². The van der Waals surface area contributed by atoms with Crippen LogP contribution in [-0.4, -0.2) is 28.5 Å². The average molecular weight is 474 g/mol. The Morgan fingerprint density at radius 1 is 1.12 bits per heavy atom. The van der Waals surface area contributed by atoms with E-state index in [1.165, 1.54) is 6.20 Å². The van der Waals surface area contributed by atoms with E-state index in [0.717, 1.165) is 35.4 Å². The standard InChI is InChI=1S/C26H20ClN3O4/c27-17-10-11-22(28-14-17)30-23(31)15-34-26(32)24-19-7-1-2-9-21(19)29-25-16(5-3-8-20(24)25)13-18-6-4-12-33-18/h1-2,4,6-7,9-14H,3,5,8,15H2,(H,28,30,31). The molecule has 3 heterocycles. The van der Waals surface area contributed by atoms with Gasteiger partial charge in [-0.25, -0.2) is 14.8 Å².